The Labute approximate surface area is 115 Å². The summed E-state index contributed by atoms with van der Waals surface area (Å²) in [6.07, 6.45) is -4.71. The number of ether oxygens (including phenoxy) is 1. The lowest BCUT2D eigenvalue weighted by atomic mass is 10.0. The van der Waals surface area contributed by atoms with Crippen LogP contribution in [0.25, 0.3) is 0 Å². The smallest absolute Gasteiger partial charge is 0.156 e. The van der Waals surface area contributed by atoms with E-state index in [9.17, 15) is 20.5 Å². The lowest BCUT2D eigenvalue weighted by Crippen LogP contribution is -2.55. The summed E-state index contributed by atoms with van der Waals surface area (Å²) in [5.74, 6) is 0. The second kappa shape index (κ2) is 5.92. The van der Waals surface area contributed by atoms with Gasteiger partial charge in [0.1, 0.15) is 18.3 Å². The molecule has 1 aliphatic rings. The molecule has 1 fully saturated rings. The highest BCUT2D eigenvalue weighted by Gasteiger charge is 2.37. The van der Waals surface area contributed by atoms with Crippen LogP contribution in [0.4, 0.5) is 11.4 Å². The first-order valence-corrected chi connectivity index (χ1v) is 6.09. The molecule has 0 radical (unpaired) electrons. The number of anilines is 2. The molecular formula is C12H17N2O6-. The van der Waals surface area contributed by atoms with Crippen molar-refractivity contribution in [3.63, 3.8) is 0 Å². The quantitative estimate of drug-likeness (QED) is 0.472. The van der Waals surface area contributed by atoms with Crippen molar-refractivity contribution >= 4 is 11.4 Å². The van der Waals surface area contributed by atoms with Gasteiger partial charge in [0.2, 0.25) is 0 Å². The maximum Gasteiger partial charge on any atom is 0.156 e. The van der Waals surface area contributed by atoms with Gasteiger partial charge in [-0.3, -0.25) is 5.21 Å². The molecule has 1 aliphatic heterocycles. The second-order valence-electron chi connectivity index (χ2n) is 4.72. The number of benzene rings is 1. The fourth-order valence-electron chi connectivity index (χ4n) is 2.00. The number of rotatable bonds is 3. The number of hydrogen-bond donors (Lipinski definition) is 5. The maximum absolute atomic E-state index is 11.0. The molecule has 2 rings (SSSR count). The molecule has 0 aromatic heterocycles. The molecule has 1 saturated heterocycles. The van der Waals surface area contributed by atoms with Gasteiger partial charge < -0.3 is 35.8 Å². The van der Waals surface area contributed by atoms with E-state index >= 15 is 0 Å². The topological polar surface area (TPSA) is 128 Å². The molecule has 0 spiro atoms. The first kappa shape index (κ1) is 15.0. The van der Waals surface area contributed by atoms with Gasteiger partial charge in [-0.1, -0.05) is 6.07 Å². The first-order valence-electron chi connectivity index (χ1n) is 6.09. The van der Waals surface area contributed by atoms with Crippen LogP contribution in [0.5, 0.6) is 0 Å². The summed E-state index contributed by atoms with van der Waals surface area (Å²) in [5, 5.41) is 51.1. The van der Waals surface area contributed by atoms with Gasteiger partial charge in [0, 0.05) is 5.69 Å². The minimum absolute atomic E-state index is 0.0564. The van der Waals surface area contributed by atoms with E-state index in [-0.39, 0.29) is 17.5 Å². The van der Waals surface area contributed by atoms with Crippen molar-refractivity contribution in [3.8, 4) is 0 Å². The first-order chi connectivity index (χ1) is 9.40. The van der Waals surface area contributed by atoms with Gasteiger partial charge in [-0.05, 0) is 24.6 Å². The van der Waals surface area contributed by atoms with Crippen LogP contribution in [0.15, 0.2) is 18.2 Å². The Morgan fingerprint density at radius 2 is 2.00 bits per heavy atom. The molecule has 4 atom stereocenters. The zero-order chi connectivity index (χ0) is 14.9. The Bertz CT molecular complexity index is 469. The molecule has 0 unspecified atom stereocenters. The molecule has 8 heteroatoms. The largest absolute Gasteiger partial charge is 0.733 e. The van der Waals surface area contributed by atoms with Crippen LogP contribution in [-0.2, 0) is 4.74 Å². The lowest BCUT2D eigenvalue weighted by molar-refractivity contribution is -0.178. The van der Waals surface area contributed by atoms with Gasteiger partial charge in [0.15, 0.2) is 6.23 Å². The molecule has 0 aliphatic carbocycles. The summed E-state index contributed by atoms with van der Waals surface area (Å²) in [7, 11) is 0. The maximum atomic E-state index is 11.0. The van der Waals surface area contributed by atoms with Gasteiger partial charge in [-0.25, -0.2) is 0 Å². The highest BCUT2D eigenvalue weighted by molar-refractivity contribution is 5.61. The van der Waals surface area contributed by atoms with Crippen molar-refractivity contribution in [3.05, 3.63) is 29.0 Å². The van der Waals surface area contributed by atoms with Gasteiger partial charge >= 0.3 is 0 Å². The molecule has 20 heavy (non-hydrogen) atoms. The van der Waals surface area contributed by atoms with Gasteiger partial charge in [-0.2, -0.15) is 0 Å². The predicted octanol–water partition coefficient (Wildman–Crippen LogP) is -0.461. The average Bonchev–Trinajstić information content (AvgIpc) is 2.41. The molecule has 112 valence electrons. The van der Waals surface area contributed by atoms with Crippen molar-refractivity contribution in [2.45, 2.75) is 31.5 Å². The van der Waals surface area contributed by atoms with E-state index in [0.29, 0.717) is 11.3 Å². The van der Waals surface area contributed by atoms with Crippen molar-refractivity contribution in [2.75, 3.05) is 17.2 Å². The fourth-order valence-corrected chi connectivity index (χ4v) is 2.00. The van der Waals surface area contributed by atoms with Gasteiger partial charge in [-0.15, -0.1) is 0 Å². The third kappa shape index (κ3) is 3.01. The standard InChI is InChI=1S/C12H17N2O6/c1-6-2-3-7(4-8(6)14(18)19)13-12-11(17)10(16)9(15)5-20-12/h2-4,9-13,15-18H,5H2,1H3/q-1/t9-,10-,11+,12+/m1/s1. The zero-order valence-electron chi connectivity index (χ0n) is 10.8. The minimum Gasteiger partial charge on any atom is -0.733 e. The summed E-state index contributed by atoms with van der Waals surface area (Å²) in [6, 6.07) is 4.63. The second-order valence-corrected chi connectivity index (χ2v) is 4.72. The molecule has 0 bridgehead atoms. The number of aliphatic hydroxyl groups is 3. The average molecular weight is 285 g/mol. The molecule has 1 heterocycles. The summed E-state index contributed by atoms with van der Waals surface area (Å²) in [4.78, 5) is 0. The van der Waals surface area contributed by atoms with E-state index in [2.05, 4.69) is 5.32 Å². The Balaban J connectivity index is 2.12. The van der Waals surface area contributed by atoms with E-state index in [1.54, 1.807) is 19.1 Å². The Hall–Kier alpha value is -1.42. The Morgan fingerprint density at radius 1 is 1.30 bits per heavy atom. The number of hydrogen-bond acceptors (Lipinski definition) is 8. The van der Waals surface area contributed by atoms with E-state index in [0.717, 1.165) is 0 Å². The van der Waals surface area contributed by atoms with Crippen molar-refractivity contribution in [2.24, 2.45) is 0 Å². The fraction of sp³-hybridized carbons (Fsp3) is 0.500. The molecule has 5 N–H and O–H groups in total. The highest BCUT2D eigenvalue weighted by atomic mass is 16.8. The van der Waals surface area contributed by atoms with Crippen LogP contribution in [0.2, 0.25) is 0 Å². The predicted molar refractivity (Wildman–Crippen MR) is 70.2 cm³/mol. The summed E-state index contributed by atoms with van der Waals surface area (Å²) in [6.45, 7) is 1.54. The third-order valence-corrected chi connectivity index (χ3v) is 3.23. The van der Waals surface area contributed by atoms with Gasteiger partial charge in [0.25, 0.3) is 0 Å². The van der Waals surface area contributed by atoms with Crippen LogP contribution in [0.1, 0.15) is 5.56 Å². The minimum atomic E-state index is -1.32. The lowest BCUT2D eigenvalue weighted by Gasteiger charge is -2.36. The third-order valence-electron chi connectivity index (χ3n) is 3.23. The van der Waals surface area contributed by atoms with E-state index in [4.69, 9.17) is 9.94 Å². The number of aryl methyl sites for hydroxylation is 1. The molecule has 8 nitrogen and oxygen atoms in total. The van der Waals surface area contributed by atoms with E-state index < -0.39 is 24.5 Å². The number of nitrogens with one attached hydrogen (secondary N) is 1. The highest BCUT2D eigenvalue weighted by Crippen LogP contribution is 2.25. The zero-order valence-corrected chi connectivity index (χ0v) is 10.8. The summed E-state index contributed by atoms with van der Waals surface area (Å²) < 4.78 is 5.18. The summed E-state index contributed by atoms with van der Waals surface area (Å²) in [5.41, 5.74) is 1.06. The van der Waals surface area contributed by atoms with Crippen LogP contribution >= 0.6 is 0 Å². The normalized spacial score (nSPS) is 30.1. The number of aliphatic hydroxyl groups excluding tert-OH is 3. The van der Waals surface area contributed by atoms with Crippen molar-refractivity contribution < 1.29 is 25.3 Å². The Kier molecular flexibility index (Phi) is 4.43. The van der Waals surface area contributed by atoms with E-state index in [1.807, 2.05) is 0 Å². The van der Waals surface area contributed by atoms with Crippen molar-refractivity contribution in [1.82, 2.24) is 0 Å². The van der Waals surface area contributed by atoms with Crippen LogP contribution < -0.4 is 10.5 Å². The number of nitrogens with zero attached hydrogens (tertiary/aromatic N) is 1. The molecular weight excluding hydrogens is 268 g/mol. The SMILES string of the molecule is Cc1ccc(N[C@H]2OC[C@@H](O)[C@@H](O)[C@@H]2O)cc1N([O-])O. The summed E-state index contributed by atoms with van der Waals surface area (Å²) >= 11 is 0. The van der Waals surface area contributed by atoms with Crippen LogP contribution in [0.3, 0.4) is 0 Å². The van der Waals surface area contributed by atoms with Crippen molar-refractivity contribution in [1.29, 1.82) is 0 Å². The monoisotopic (exact) mass is 285 g/mol. The molecule has 1 aromatic carbocycles. The molecule has 0 amide bonds. The van der Waals surface area contributed by atoms with E-state index in [1.165, 1.54) is 6.07 Å². The van der Waals surface area contributed by atoms with Gasteiger partial charge in [0.05, 0.1) is 12.3 Å². The van der Waals surface area contributed by atoms with Crippen LogP contribution in [0, 0.1) is 12.1 Å². The molecule has 1 aromatic rings. The Morgan fingerprint density at radius 3 is 2.65 bits per heavy atom. The van der Waals surface area contributed by atoms with Crippen LogP contribution in [-0.4, -0.2) is 51.7 Å². The molecule has 0 saturated carbocycles.